The van der Waals surface area contributed by atoms with Gasteiger partial charge in [0.05, 0.1) is 22.1 Å². The number of rotatable bonds is 6. The molecule has 4 aliphatic rings. The topological polar surface area (TPSA) is 16.3 Å². The molecule has 4 nitrogen and oxygen atoms in total. The number of nitrogens with zero attached hydrogens (tertiary/aromatic N) is 4. The van der Waals surface area contributed by atoms with Crippen molar-refractivity contribution < 1.29 is 0 Å². The van der Waals surface area contributed by atoms with Crippen molar-refractivity contribution in [2.24, 2.45) is 0 Å². The van der Waals surface area contributed by atoms with Crippen LogP contribution in [0.4, 0.5) is 34.1 Å². The highest BCUT2D eigenvalue weighted by Crippen LogP contribution is 2.52. The number of aromatic nitrogens is 2. The lowest BCUT2D eigenvalue weighted by atomic mass is 9.33. The highest BCUT2D eigenvalue weighted by atomic mass is 15.2. The third-order valence-electron chi connectivity index (χ3n) is 22.2. The standard InChI is InChI=1S/C86H79BN4/c1-82(2,3)58-50-79-81-80(51-58)89(60-36-30-55(31-37-60)57-33-41-68-70(49-57)86(10,11)47-45-84(68,6)7)78-53-62(91-75-26-18-14-22-65(75)66-23-15-19-27-76(66)91)39-43-72(78)87(81)71-42-38-61(90-73-24-16-12-20-63(73)64-21-13-17-25-74(64)90)52-77(71)88(79)59-34-28-54(29-35-59)56-32-40-67-69(48-56)85(8,9)46-44-83(67,4)5/h12-43,48-53H,44-47H2,1-11H3. The maximum atomic E-state index is 2.62. The van der Waals surface area contributed by atoms with Crippen molar-refractivity contribution in [3.8, 4) is 33.6 Å². The summed E-state index contributed by atoms with van der Waals surface area (Å²) in [5.41, 5.74) is 30.6. The van der Waals surface area contributed by atoms with Crippen LogP contribution < -0.4 is 26.2 Å². The smallest absolute Gasteiger partial charge is 0.252 e. The van der Waals surface area contributed by atoms with E-state index in [4.69, 9.17) is 0 Å². The Labute approximate surface area is 537 Å². The summed E-state index contributed by atoms with van der Waals surface area (Å²) < 4.78 is 4.98. The lowest BCUT2D eigenvalue weighted by molar-refractivity contribution is 0.332. The zero-order valence-corrected chi connectivity index (χ0v) is 54.6. The molecule has 13 aromatic rings. The monoisotopic (exact) mass is 1180 g/mol. The first-order valence-electron chi connectivity index (χ1n) is 33.3. The van der Waals surface area contributed by atoms with Gasteiger partial charge < -0.3 is 18.9 Å². The van der Waals surface area contributed by atoms with Crippen molar-refractivity contribution in [3.05, 3.63) is 258 Å². The number of fused-ring (bicyclic) bond motifs is 12. The second-order valence-electron chi connectivity index (χ2n) is 30.7. The second kappa shape index (κ2) is 19.6. The van der Waals surface area contributed by atoms with Crippen molar-refractivity contribution in [2.75, 3.05) is 9.80 Å². The van der Waals surface area contributed by atoms with E-state index in [9.17, 15) is 0 Å². The second-order valence-corrected chi connectivity index (χ2v) is 30.7. The largest absolute Gasteiger partial charge is 0.311 e. The maximum Gasteiger partial charge on any atom is 0.252 e. The normalized spacial score (nSPS) is 16.6. The number of hydrogen-bond acceptors (Lipinski definition) is 2. The molecule has 0 radical (unpaired) electrons. The minimum atomic E-state index is -0.203. The van der Waals surface area contributed by atoms with Gasteiger partial charge in [0.15, 0.2) is 0 Å². The number of benzene rings is 11. The van der Waals surface area contributed by atoms with E-state index < -0.39 is 0 Å². The quantitative estimate of drug-likeness (QED) is 0.154. The van der Waals surface area contributed by atoms with Crippen LogP contribution in [0.3, 0.4) is 0 Å². The van der Waals surface area contributed by atoms with Crippen molar-refractivity contribution in [1.82, 2.24) is 9.13 Å². The van der Waals surface area contributed by atoms with Gasteiger partial charge in [-0.05, 0) is 204 Å². The van der Waals surface area contributed by atoms with Gasteiger partial charge in [0, 0.05) is 67.0 Å². The molecule has 17 rings (SSSR count). The van der Waals surface area contributed by atoms with Gasteiger partial charge in [-0.2, -0.15) is 0 Å². The average molecular weight is 1180 g/mol. The SMILES string of the molecule is CC(C)(C)c1cc2c3c(c1)N(c1ccc(-c4ccc5c(c4)C(C)(C)CCC5(C)C)cc1)c1cc(-n4c5ccccc5c5ccccc54)ccc1B3c1ccc(-n3c4ccccc4c4ccccc43)cc1N2c1ccc(-c2ccc3c(c2)C(C)(C)CCC3(C)C)cc1. The summed E-state index contributed by atoms with van der Waals surface area (Å²) in [7, 11) is 0. The van der Waals surface area contributed by atoms with Crippen LogP contribution in [0, 0.1) is 0 Å². The van der Waals surface area contributed by atoms with Gasteiger partial charge in [0.2, 0.25) is 0 Å². The first-order chi connectivity index (χ1) is 43.7. The summed E-state index contributed by atoms with van der Waals surface area (Å²) in [4.78, 5) is 5.24. The van der Waals surface area contributed by atoms with Crippen molar-refractivity contribution in [2.45, 2.75) is 129 Å². The molecule has 0 fully saturated rings. The Bertz CT molecular complexity index is 4750. The summed E-state index contributed by atoms with van der Waals surface area (Å²) in [5.74, 6) is 0. The van der Waals surface area contributed by atoms with Gasteiger partial charge in [-0.25, -0.2) is 0 Å². The molecule has 0 unspecified atom stereocenters. The Hall–Kier alpha value is -9.32. The Kier molecular flexibility index (Phi) is 12.0. The Morgan fingerprint density at radius 2 is 0.626 bits per heavy atom. The zero-order chi connectivity index (χ0) is 62.3. The molecule has 0 bridgehead atoms. The molecule has 4 heterocycles. The first-order valence-corrected chi connectivity index (χ1v) is 33.3. The van der Waals surface area contributed by atoms with Crippen LogP contribution in [0.15, 0.2) is 231 Å². The van der Waals surface area contributed by atoms with E-state index in [1.54, 1.807) is 0 Å². The van der Waals surface area contributed by atoms with Gasteiger partial charge >= 0.3 is 0 Å². The van der Waals surface area contributed by atoms with Gasteiger partial charge in [0.1, 0.15) is 0 Å². The van der Waals surface area contributed by atoms with Crippen LogP contribution in [-0.4, -0.2) is 15.8 Å². The predicted molar refractivity (Wildman–Crippen MR) is 389 cm³/mol. The molecule has 0 N–H and O–H groups in total. The highest BCUT2D eigenvalue weighted by Gasteiger charge is 2.45. The number of anilines is 6. The molecule has 0 atom stereocenters. The molecule has 446 valence electrons. The molecule has 2 aliphatic heterocycles. The summed E-state index contributed by atoms with van der Waals surface area (Å²) in [6.07, 6.45) is 4.76. The van der Waals surface area contributed by atoms with Crippen molar-refractivity contribution >= 4 is 101 Å². The lowest BCUT2D eigenvalue weighted by Gasteiger charge is -2.45. The molecule has 91 heavy (non-hydrogen) atoms. The van der Waals surface area contributed by atoms with Crippen LogP contribution in [0.1, 0.15) is 130 Å². The van der Waals surface area contributed by atoms with Crippen LogP contribution in [0.25, 0.3) is 77.2 Å². The fourth-order valence-corrected chi connectivity index (χ4v) is 16.8. The fourth-order valence-electron chi connectivity index (χ4n) is 16.8. The molecule has 2 aliphatic carbocycles. The Morgan fingerprint density at radius 3 is 0.978 bits per heavy atom. The number of hydrogen-bond donors (Lipinski definition) is 0. The van der Waals surface area contributed by atoms with E-state index in [1.807, 2.05) is 0 Å². The maximum absolute atomic E-state index is 2.62. The number of para-hydroxylation sites is 4. The third-order valence-corrected chi connectivity index (χ3v) is 22.2. The Balaban J connectivity index is 0.910. The van der Waals surface area contributed by atoms with E-state index in [0.717, 1.165) is 22.7 Å². The van der Waals surface area contributed by atoms with Gasteiger partial charge in [-0.1, -0.05) is 222 Å². The zero-order valence-electron chi connectivity index (χ0n) is 54.6. The molecule has 0 spiro atoms. The Morgan fingerprint density at radius 1 is 0.308 bits per heavy atom. The van der Waals surface area contributed by atoms with E-state index in [-0.39, 0.29) is 33.8 Å². The highest BCUT2D eigenvalue weighted by molar-refractivity contribution is 7.00. The summed E-state index contributed by atoms with van der Waals surface area (Å²) >= 11 is 0. The van der Waals surface area contributed by atoms with Gasteiger partial charge in [-0.3, -0.25) is 0 Å². The van der Waals surface area contributed by atoms with Gasteiger partial charge in [-0.15, -0.1) is 0 Å². The first kappa shape index (κ1) is 55.7. The average Bonchev–Trinajstić information content (AvgIpc) is 1.40. The lowest BCUT2D eigenvalue weighted by Crippen LogP contribution is -2.61. The van der Waals surface area contributed by atoms with Crippen LogP contribution >= 0.6 is 0 Å². The van der Waals surface area contributed by atoms with Crippen LogP contribution in [0.5, 0.6) is 0 Å². The van der Waals surface area contributed by atoms with E-state index in [0.29, 0.717) is 0 Å². The predicted octanol–water partition coefficient (Wildman–Crippen LogP) is 21.3. The van der Waals surface area contributed by atoms with Crippen molar-refractivity contribution in [1.29, 1.82) is 0 Å². The molecular formula is C86H79BN4. The molecule has 0 saturated heterocycles. The van der Waals surface area contributed by atoms with E-state index in [2.05, 4.69) is 326 Å². The summed E-state index contributed by atoms with van der Waals surface area (Å²) in [5, 5.41) is 5.02. The molecule has 5 heteroatoms. The third kappa shape index (κ3) is 8.48. The van der Waals surface area contributed by atoms with Crippen LogP contribution in [-0.2, 0) is 27.1 Å². The molecule has 0 amide bonds. The fraction of sp³-hybridized carbons (Fsp3) is 0.233. The molecule has 11 aromatic carbocycles. The summed E-state index contributed by atoms with van der Waals surface area (Å²) in [6, 6.07) is 89.2. The minimum Gasteiger partial charge on any atom is -0.311 e. The van der Waals surface area contributed by atoms with Crippen molar-refractivity contribution in [3.63, 3.8) is 0 Å². The molecule has 0 saturated carbocycles. The molecule has 2 aromatic heterocycles. The minimum absolute atomic E-state index is 0.0966. The molecular weight excluding hydrogens is 1100 g/mol. The summed E-state index contributed by atoms with van der Waals surface area (Å²) in [6.45, 7) is 26.5. The van der Waals surface area contributed by atoms with E-state index >= 15 is 0 Å². The van der Waals surface area contributed by atoms with Gasteiger partial charge in [0.25, 0.3) is 6.71 Å². The van der Waals surface area contributed by atoms with Crippen LogP contribution in [0.2, 0.25) is 0 Å². The van der Waals surface area contributed by atoms with E-state index in [1.165, 1.54) is 159 Å².